The van der Waals surface area contributed by atoms with Crippen molar-refractivity contribution < 1.29 is 4.79 Å². The zero-order valence-electron chi connectivity index (χ0n) is 11.9. The van der Waals surface area contributed by atoms with Gasteiger partial charge in [0.25, 0.3) is 0 Å². The smallest absolute Gasteiger partial charge is 0.156 e. The molecular weight excluding hydrogens is 264 g/mol. The molecular formula is C13H21ClN4O. The van der Waals surface area contributed by atoms with Crippen molar-refractivity contribution in [2.75, 3.05) is 18.4 Å². The number of nitrogens with one attached hydrogen (secondary N) is 1. The molecule has 0 radical (unpaired) electrons. The van der Waals surface area contributed by atoms with Gasteiger partial charge in [-0.1, -0.05) is 11.6 Å². The second kappa shape index (κ2) is 7.40. The van der Waals surface area contributed by atoms with Crippen LogP contribution in [0.15, 0.2) is 6.33 Å². The van der Waals surface area contributed by atoms with Crippen molar-refractivity contribution in [2.45, 2.75) is 39.8 Å². The number of carbonyl (C=O) groups is 1. The fourth-order valence-corrected chi connectivity index (χ4v) is 2.21. The lowest BCUT2D eigenvalue weighted by molar-refractivity contribution is 0.112. The van der Waals surface area contributed by atoms with E-state index in [0.29, 0.717) is 36.3 Å². The largest absolute Gasteiger partial charge is 0.368 e. The average molecular weight is 285 g/mol. The number of nitrogens with zero attached hydrogens (tertiary/aromatic N) is 3. The van der Waals surface area contributed by atoms with Gasteiger partial charge in [0.1, 0.15) is 17.3 Å². The van der Waals surface area contributed by atoms with Gasteiger partial charge in [0.15, 0.2) is 6.29 Å². The summed E-state index contributed by atoms with van der Waals surface area (Å²) in [6, 6.07) is 0.947. The van der Waals surface area contributed by atoms with Crippen molar-refractivity contribution in [1.29, 1.82) is 0 Å². The first-order chi connectivity index (χ1) is 8.97. The van der Waals surface area contributed by atoms with Crippen molar-refractivity contribution in [2.24, 2.45) is 0 Å². The van der Waals surface area contributed by atoms with Crippen LogP contribution in [0.2, 0.25) is 5.15 Å². The van der Waals surface area contributed by atoms with Gasteiger partial charge >= 0.3 is 0 Å². The Balaban J connectivity index is 2.62. The predicted octanol–water partition coefficient (Wildman–Crippen LogP) is 2.47. The van der Waals surface area contributed by atoms with Crippen molar-refractivity contribution in [3.8, 4) is 0 Å². The van der Waals surface area contributed by atoms with Crippen LogP contribution in [0.25, 0.3) is 0 Å². The number of aldehydes is 1. The lowest BCUT2D eigenvalue weighted by Gasteiger charge is -2.30. The third-order valence-corrected chi connectivity index (χ3v) is 3.24. The maximum atomic E-state index is 10.9. The molecule has 1 rings (SSSR count). The minimum atomic E-state index is 0.178. The van der Waals surface area contributed by atoms with E-state index >= 15 is 0 Å². The summed E-state index contributed by atoms with van der Waals surface area (Å²) in [7, 11) is 0. The van der Waals surface area contributed by atoms with E-state index in [-0.39, 0.29) is 5.15 Å². The standard InChI is InChI=1S/C13H21ClN4O/c1-9(2)18(10(3)4)6-5-15-13-11(7-19)12(14)16-8-17-13/h7-10H,5-6H2,1-4H3,(H,15,16,17). The Morgan fingerprint density at radius 2 is 1.95 bits per heavy atom. The van der Waals surface area contributed by atoms with Gasteiger partial charge in [0.05, 0.1) is 5.56 Å². The first-order valence-electron chi connectivity index (χ1n) is 6.42. The van der Waals surface area contributed by atoms with E-state index in [2.05, 4.69) is 47.9 Å². The van der Waals surface area contributed by atoms with Gasteiger partial charge in [-0.15, -0.1) is 0 Å². The Bertz CT molecular complexity index is 415. The Morgan fingerprint density at radius 1 is 1.32 bits per heavy atom. The number of anilines is 1. The molecule has 0 saturated heterocycles. The molecule has 0 fully saturated rings. The maximum Gasteiger partial charge on any atom is 0.156 e. The van der Waals surface area contributed by atoms with Gasteiger partial charge in [-0.3, -0.25) is 9.69 Å². The number of rotatable bonds is 7. The molecule has 19 heavy (non-hydrogen) atoms. The monoisotopic (exact) mass is 284 g/mol. The zero-order valence-corrected chi connectivity index (χ0v) is 12.6. The van der Waals surface area contributed by atoms with Crippen LogP contribution in [0.5, 0.6) is 0 Å². The fraction of sp³-hybridized carbons (Fsp3) is 0.615. The molecule has 0 saturated carbocycles. The van der Waals surface area contributed by atoms with Crippen LogP contribution in [0, 0.1) is 0 Å². The number of hydrogen-bond donors (Lipinski definition) is 1. The van der Waals surface area contributed by atoms with Crippen LogP contribution in [-0.4, -0.2) is 46.3 Å². The van der Waals surface area contributed by atoms with Crippen molar-refractivity contribution in [3.63, 3.8) is 0 Å². The third kappa shape index (κ3) is 4.44. The predicted molar refractivity (Wildman–Crippen MR) is 77.9 cm³/mol. The second-order valence-corrected chi connectivity index (χ2v) is 5.25. The molecule has 0 aliphatic heterocycles. The summed E-state index contributed by atoms with van der Waals surface area (Å²) >= 11 is 5.84. The van der Waals surface area contributed by atoms with E-state index < -0.39 is 0 Å². The van der Waals surface area contributed by atoms with E-state index in [1.807, 2.05) is 0 Å². The summed E-state index contributed by atoms with van der Waals surface area (Å²) in [4.78, 5) is 21.1. The van der Waals surface area contributed by atoms with Gasteiger partial charge in [0, 0.05) is 25.2 Å². The van der Waals surface area contributed by atoms with Crippen LogP contribution >= 0.6 is 11.6 Å². The Morgan fingerprint density at radius 3 is 2.47 bits per heavy atom. The van der Waals surface area contributed by atoms with Crippen molar-refractivity contribution in [1.82, 2.24) is 14.9 Å². The van der Waals surface area contributed by atoms with Gasteiger partial charge in [-0.2, -0.15) is 0 Å². The van der Waals surface area contributed by atoms with Crippen molar-refractivity contribution >= 4 is 23.7 Å². The quantitative estimate of drug-likeness (QED) is 0.616. The molecule has 1 aromatic heterocycles. The van der Waals surface area contributed by atoms with E-state index in [4.69, 9.17) is 11.6 Å². The lowest BCUT2D eigenvalue weighted by Crippen LogP contribution is -2.40. The van der Waals surface area contributed by atoms with Crippen LogP contribution in [0.3, 0.4) is 0 Å². The molecule has 0 bridgehead atoms. The van der Waals surface area contributed by atoms with Gasteiger partial charge in [-0.25, -0.2) is 9.97 Å². The molecule has 0 amide bonds. The van der Waals surface area contributed by atoms with Gasteiger partial charge in [-0.05, 0) is 27.7 Å². The summed E-state index contributed by atoms with van der Waals surface area (Å²) in [6.07, 6.45) is 2.02. The molecule has 0 aromatic carbocycles. The summed E-state index contributed by atoms with van der Waals surface area (Å²) in [5.41, 5.74) is 0.310. The van der Waals surface area contributed by atoms with Crippen LogP contribution in [0.1, 0.15) is 38.1 Å². The second-order valence-electron chi connectivity index (χ2n) is 4.90. The summed E-state index contributed by atoms with van der Waals surface area (Å²) in [5, 5.41) is 3.31. The molecule has 106 valence electrons. The number of halogens is 1. The molecule has 1 heterocycles. The van der Waals surface area contributed by atoms with Crippen molar-refractivity contribution in [3.05, 3.63) is 17.0 Å². The van der Waals surface area contributed by atoms with E-state index in [1.54, 1.807) is 0 Å². The third-order valence-electron chi connectivity index (χ3n) is 2.94. The molecule has 0 aliphatic rings. The first-order valence-corrected chi connectivity index (χ1v) is 6.80. The molecule has 5 nitrogen and oxygen atoms in total. The van der Waals surface area contributed by atoms with Crippen LogP contribution in [-0.2, 0) is 0 Å². The zero-order chi connectivity index (χ0) is 14.4. The highest BCUT2D eigenvalue weighted by molar-refractivity contribution is 6.32. The topological polar surface area (TPSA) is 58.1 Å². The molecule has 0 unspecified atom stereocenters. The van der Waals surface area contributed by atoms with Gasteiger partial charge in [0.2, 0.25) is 0 Å². The van der Waals surface area contributed by atoms with E-state index in [9.17, 15) is 4.79 Å². The minimum Gasteiger partial charge on any atom is -0.368 e. The normalized spacial score (nSPS) is 11.4. The average Bonchev–Trinajstić information content (AvgIpc) is 2.33. The molecule has 6 heteroatoms. The number of carbonyl (C=O) groups excluding carboxylic acids is 1. The Kier molecular flexibility index (Phi) is 6.18. The Labute approximate surface area is 119 Å². The fourth-order valence-electron chi connectivity index (χ4n) is 2.04. The lowest BCUT2D eigenvalue weighted by atomic mass is 10.2. The molecule has 0 atom stereocenters. The minimum absolute atomic E-state index is 0.178. The molecule has 0 spiro atoms. The molecule has 1 N–H and O–H groups in total. The highest BCUT2D eigenvalue weighted by Gasteiger charge is 2.13. The maximum absolute atomic E-state index is 10.9. The SMILES string of the molecule is CC(C)N(CCNc1ncnc(Cl)c1C=O)C(C)C. The first kappa shape index (κ1) is 15.9. The van der Waals surface area contributed by atoms with E-state index in [1.165, 1.54) is 6.33 Å². The highest BCUT2D eigenvalue weighted by atomic mass is 35.5. The molecule has 1 aromatic rings. The van der Waals surface area contributed by atoms with E-state index in [0.717, 1.165) is 6.54 Å². The van der Waals surface area contributed by atoms with Crippen LogP contribution < -0.4 is 5.32 Å². The summed E-state index contributed by atoms with van der Waals surface area (Å²) in [5.74, 6) is 0.488. The summed E-state index contributed by atoms with van der Waals surface area (Å²) in [6.45, 7) is 10.2. The molecule has 0 aliphatic carbocycles. The number of hydrogen-bond acceptors (Lipinski definition) is 5. The van der Waals surface area contributed by atoms with Crippen LogP contribution in [0.4, 0.5) is 5.82 Å². The Hall–Kier alpha value is -1.20. The highest BCUT2D eigenvalue weighted by Crippen LogP contribution is 2.17. The summed E-state index contributed by atoms with van der Waals surface area (Å²) < 4.78 is 0. The van der Waals surface area contributed by atoms with Gasteiger partial charge < -0.3 is 5.32 Å². The number of aromatic nitrogens is 2.